The van der Waals surface area contributed by atoms with Gasteiger partial charge in [0.15, 0.2) is 11.5 Å². The standard InChI is InChI=1S/C22H18N2O5/c25-21(16-5-2-1-3-6-16)24-18(12-17-7-4-10-27-17)22(26)23-13-15-8-9-19-20(11-15)29-14-28-19/h1-12H,13-14H2,(H,23,26)(H,24,25). The summed E-state index contributed by atoms with van der Waals surface area (Å²) >= 11 is 0. The molecule has 1 aromatic heterocycles. The van der Waals surface area contributed by atoms with Gasteiger partial charge in [-0.05, 0) is 42.0 Å². The molecule has 1 aliphatic rings. The van der Waals surface area contributed by atoms with E-state index in [1.165, 1.54) is 12.3 Å². The molecule has 0 saturated carbocycles. The van der Waals surface area contributed by atoms with E-state index in [1.807, 2.05) is 12.1 Å². The predicted octanol–water partition coefficient (Wildman–Crippen LogP) is 3.10. The van der Waals surface area contributed by atoms with Crippen molar-refractivity contribution in [2.24, 2.45) is 0 Å². The van der Waals surface area contributed by atoms with Gasteiger partial charge in [-0.25, -0.2) is 0 Å². The van der Waals surface area contributed by atoms with Gasteiger partial charge in [0.1, 0.15) is 11.5 Å². The zero-order valence-electron chi connectivity index (χ0n) is 15.4. The third-order valence-electron chi connectivity index (χ3n) is 4.25. The van der Waals surface area contributed by atoms with Crippen LogP contribution in [0.1, 0.15) is 21.7 Å². The molecule has 146 valence electrons. The first-order chi connectivity index (χ1) is 14.2. The molecule has 2 heterocycles. The van der Waals surface area contributed by atoms with Gasteiger partial charge in [0.05, 0.1) is 6.26 Å². The maximum absolute atomic E-state index is 12.8. The number of furan rings is 1. The monoisotopic (exact) mass is 390 g/mol. The smallest absolute Gasteiger partial charge is 0.268 e. The second kappa shape index (κ2) is 8.35. The van der Waals surface area contributed by atoms with Crippen LogP contribution >= 0.6 is 0 Å². The number of ether oxygens (including phenoxy) is 2. The Labute approximate surface area is 166 Å². The number of carbonyl (C=O) groups excluding carboxylic acids is 2. The van der Waals surface area contributed by atoms with Crippen LogP contribution in [0.4, 0.5) is 0 Å². The molecule has 7 nitrogen and oxygen atoms in total. The van der Waals surface area contributed by atoms with E-state index in [4.69, 9.17) is 13.9 Å². The van der Waals surface area contributed by atoms with Crippen LogP contribution in [-0.2, 0) is 11.3 Å². The molecule has 0 unspecified atom stereocenters. The van der Waals surface area contributed by atoms with Crippen molar-refractivity contribution >= 4 is 17.9 Å². The molecule has 7 heteroatoms. The molecule has 3 aromatic rings. The summed E-state index contributed by atoms with van der Waals surface area (Å²) in [5.41, 5.74) is 1.37. The van der Waals surface area contributed by atoms with Crippen molar-refractivity contribution < 1.29 is 23.5 Å². The average Bonchev–Trinajstić information content (AvgIpc) is 3.43. The van der Waals surface area contributed by atoms with E-state index >= 15 is 0 Å². The summed E-state index contributed by atoms with van der Waals surface area (Å²) in [6, 6.07) is 17.5. The molecular formula is C22H18N2O5. The van der Waals surface area contributed by atoms with Gasteiger partial charge >= 0.3 is 0 Å². The van der Waals surface area contributed by atoms with Crippen molar-refractivity contribution in [2.75, 3.05) is 6.79 Å². The molecule has 1 aliphatic heterocycles. The summed E-state index contributed by atoms with van der Waals surface area (Å²) in [4.78, 5) is 25.2. The lowest BCUT2D eigenvalue weighted by atomic mass is 10.2. The first-order valence-corrected chi connectivity index (χ1v) is 8.97. The lowest BCUT2D eigenvalue weighted by Gasteiger charge is -2.11. The molecule has 0 spiro atoms. The third-order valence-corrected chi connectivity index (χ3v) is 4.25. The molecule has 2 aromatic carbocycles. The van der Waals surface area contributed by atoms with Gasteiger partial charge in [-0.1, -0.05) is 24.3 Å². The van der Waals surface area contributed by atoms with Crippen molar-refractivity contribution in [1.82, 2.24) is 10.6 Å². The molecule has 0 atom stereocenters. The predicted molar refractivity (Wildman–Crippen MR) is 105 cm³/mol. The van der Waals surface area contributed by atoms with Crippen molar-refractivity contribution in [3.8, 4) is 11.5 Å². The molecule has 2 N–H and O–H groups in total. The van der Waals surface area contributed by atoms with Crippen LogP contribution < -0.4 is 20.1 Å². The number of rotatable bonds is 6. The Balaban J connectivity index is 1.48. The number of nitrogens with one attached hydrogen (secondary N) is 2. The summed E-state index contributed by atoms with van der Waals surface area (Å²) in [5.74, 6) is 0.936. The quantitative estimate of drug-likeness (QED) is 0.632. The number of benzene rings is 2. The van der Waals surface area contributed by atoms with Crippen LogP contribution in [0.5, 0.6) is 11.5 Å². The number of hydrogen-bond acceptors (Lipinski definition) is 5. The number of fused-ring (bicyclic) bond motifs is 1. The molecule has 0 bridgehead atoms. The first kappa shape index (κ1) is 18.4. The van der Waals surface area contributed by atoms with Crippen LogP contribution in [-0.4, -0.2) is 18.6 Å². The third kappa shape index (κ3) is 4.47. The minimum atomic E-state index is -0.441. The minimum absolute atomic E-state index is 0.0783. The molecule has 29 heavy (non-hydrogen) atoms. The van der Waals surface area contributed by atoms with E-state index in [0.717, 1.165) is 5.56 Å². The van der Waals surface area contributed by atoms with Crippen molar-refractivity contribution in [3.05, 3.63) is 89.5 Å². The molecule has 0 aliphatic carbocycles. The number of hydrogen-bond donors (Lipinski definition) is 2. The van der Waals surface area contributed by atoms with Crippen molar-refractivity contribution in [2.45, 2.75) is 6.54 Å². The van der Waals surface area contributed by atoms with Crippen molar-refractivity contribution in [3.63, 3.8) is 0 Å². The Morgan fingerprint density at radius 1 is 0.966 bits per heavy atom. The molecule has 0 radical (unpaired) electrons. The minimum Gasteiger partial charge on any atom is -0.465 e. The van der Waals surface area contributed by atoms with Gasteiger partial charge < -0.3 is 24.5 Å². The van der Waals surface area contributed by atoms with E-state index in [-0.39, 0.29) is 24.9 Å². The van der Waals surface area contributed by atoms with Gasteiger partial charge in [0.25, 0.3) is 11.8 Å². The summed E-state index contributed by atoms with van der Waals surface area (Å²) < 4.78 is 15.9. The Hall–Kier alpha value is -4.00. The molecule has 0 saturated heterocycles. The fourth-order valence-corrected chi connectivity index (χ4v) is 2.79. The van der Waals surface area contributed by atoms with Crippen LogP contribution in [0.2, 0.25) is 0 Å². The molecular weight excluding hydrogens is 372 g/mol. The Morgan fingerprint density at radius 2 is 1.79 bits per heavy atom. The van der Waals surface area contributed by atoms with E-state index in [2.05, 4.69) is 10.6 Å². The largest absolute Gasteiger partial charge is 0.465 e. The Morgan fingerprint density at radius 3 is 2.59 bits per heavy atom. The van der Waals surface area contributed by atoms with Gasteiger partial charge in [0.2, 0.25) is 6.79 Å². The topological polar surface area (TPSA) is 89.8 Å². The van der Waals surface area contributed by atoms with Crippen LogP contribution in [0.25, 0.3) is 6.08 Å². The number of amides is 2. The highest BCUT2D eigenvalue weighted by Crippen LogP contribution is 2.32. The second-order valence-corrected chi connectivity index (χ2v) is 6.26. The molecule has 0 fully saturated rings. The van der Waals surface area contributed by atoms with E-state index < -0.39 is 5.91 Å². The summed E-state index contributed by atoms with van der Waals surface area (Å²) in [5, 5.41) is 5.45. The highest BCUT2D eigenvalue weighted by atomic mass is 16.7. The maximum Gasteiger partial charge on any atom is 0.268 e. The number of carbonyl (C=O) groups is 2. The summed E-state index contributed by atoms with van der Waals surface area (Å²) in [6.07, 6.45) is 2.98. The van der Waals surface area contributed by atoms with Gasteiger partial charge in [-0.2, -0.15) is 0 Å². The fraction of sp³-hybridized carbons (Fsp3) is 0.0909. The van der Waals surface area contributed by atoms with E-state index in [1.54, 1.807) is 48.5 Å². The Kier molecular flexibility index (Phi) is 5.29. The first-order valence-electron chi connectivity index (χ1n) is 8.97. The van der Waals surface area contributed by atoms with Crippen molar-refractivity contribution in [1.29, 1.82) is 0 Å². The summed E-state index contributed by atoms with van der Waals surface area (Å²) in [6.45, 7) is 0.443. The second-order valence-electron chi connectivity index (χ2n) is 6.26. The van der Waals surface area contributed by atoms with Crippen LogP contribution in [0.15, 0.2) is 77.0 Å². The molecule has 2 amide bonds. The van der Waals surface area contributed by atoms with Crippen LogP contribution in [0.3, 0.4) is 0 Å². The lowest BCUT2D eigenvalue weighted by molar-refractivity contribution is -0.117. The summed E-state index contributed by atoms with van der Waals surface area (Å²) in [7, 11) is 0. The SMILES string of the molecule is O=C(NCc1ccc2c(c1)OCO2)C(=Cc1ccco1)NC(=O)c1ccccc1. The van der Waals surface area contributed by atoms with E-state index in [0.29, 0.717) is 22.8 Å². The highest BCUT2D eigenvalue weighted by Gasteiger charge is 2.17. The van der Waals surface area contributed by atoms with Gasteiger partial charge in [0, 0.05) is 18.2 Å². The van der Waals surface area contributed by atoms with Crippen LogP contribution in [0, 0.1) is 0 Å². The van der Waals surface area contributed by atoms with Gasteiger partial charge in [-0.3, -0.25) is 9.59 Å². The normalized spacial score (nSPS) is 12.5. The molecule has 4 rings (SSSR count). The lowest BCUT2D eigenvalue weighted by Crippen LogP contribution is -2.34. The fourth-order valence-electron chi connectivity index (χ4n) is 2.79. The average molecular weight is 390 g/mol. The van der Waals surface area contributed by atoms with E-state index in [9.17, 15) is 9.59 Å². The highest BCUT2D eigenvalue weighted by molar-refractivity contribution is 6.05. The zero-order chi connectivity index (χ0) is 20.1. The van der Waals surface area contributed by atoms with Gasteiger partial charge in [-0.15, -0.1) is 0 Å². The maximum atomic E-state index is 12.8. The Bertz CT molecular complexity index is 1040. The zero-order valence-corrected chi connectivity index (χ0v) is 15.4.